The van der Waals surface area contributed by atoms with Crippen molar-refractivity contribution < 1.29 is 14.6 Å². The van der Waals surface area contributed by atoms with Crippen molar-refractivity contribution in [3.05, 3.63) is 24.3 Å². The summed E-state index contributed by atoms with van der Waals surface area (Å²) in [5.74, 6) is 0.919. The van der Waals surface area contributed by atoms with E-state index in [-0.39, 0.29) is 0 Å². The third-order valence-electron chi connectivity index (χ3n) is 3.71. The predicted molar refractivity (Wildman–Crippen MR) is 84.1 cm³/mol. The van der Waals surface area contributed by atoms with Gasteiger partial charge in [0.15, 0.2) is 0 Å². The van der Waals surface area contributed by atoms with Gasteiger partial charge >= 0.3 is 0 Å². The highest BCUT2D eigenvalue weighted by molar-refractivity contribution is 5.49. The normalized spacial score (nSPS) is 17.8. The molecule has 2 rings (SSSR count). The van der Waals surface area contributed by atoms with E-state index in [1.165, 1.54) is 5.69 Å². The van der Waals surface area contributed by atoms with Crippen LogP contribution in [0.5, 0.6) is 5.75 Å². The number of methoxy groups -OCH3 is 1. The number of benzene rings is 1. The van der Waals surface area contributed by atoms with Gasteiger partial charge in [0.2, 0.25) is 0 Å². The van der Waals surface area contributed by atoms with Crippen LogP contribution in [0.2, 0.25) is 0 Å². The maximum absolute atomic E-state index is 9.77. The lowest BCUT2D eigenvalue weighted by Gasteiger charge is -2.36. The molecule has 21 heavy (non-hydrogen) atoms. The number of β-amino-alcohol motifs (C(OH)–C–C–N with tert-alkyl or cyclic N) is 1. The number of hydrogen-bond donors (Lipinski definition) is 1. The first-order chi connectivity index (χ1) is 10.2. The standard InChI is InChI=1S/C16H26N2O3/c1-3-21-16-6-4-14(5-7-16)18-10-8-17(9-11-18)12-15(19)13-20-2/h4-7,15,19H,3,8-13H2,1-2H3. The minimum absolute atomic E-state index is 0.396. The Kier molecular flexibility index (Phi) is 6.29. The summed E-state index contributed by atoms with van der Waals surface area (Å²) in [4.78, 5) is 4.66. The van der Waals surface area contributed by atoms with Crippen LogP contribution < -0.4 is 9.64 Å². The van der Waals surface area contributed by atoms with E-state index in [1.54, 1.807) is 7.11 Å². The average molecular weight is 294 g/mol. The van der Waals surface area contributed by atoms with E-state index < -0.39 is 6.10 Å². The fourth-order valence-electron chi connectivity index (χ4n) is 2.65. The van der Waals surface area contributed by atoms with Gasteiger partial charge in [0, 0.05) is 45.5 Å². The third-order valence-corrected chi connectivity index (χ3v) is 3.71. The molecule has 1 aromatic carbocycles. The quantitative estimate of drug-likeness (QED) is 0.819. The molecule has 1 aliphatic rings. The predicted octanol–water partition coefficient (Wildman–Crippen LogP) is 1.21. The van der Waals surface area contributed by atoms with E-state index in [9.17, 15) is 5.11 Å². The van der Waals surface area contributed by atoms with Gasteiger partial charge in [0.05, 0.1) is 19.3 Å². The summed E-state index contributed by atoms with van der Waals surface area (Å²) < 4.78 is 10.4. The maximum Gasteiger partial charge on any atom is 0.119 e. The summed E-state index contributed by atoms with van der Waals surface area (Å²) >= 11 is 0. The van der Waals surface area contributed by atoms with Crippen LogP contribution in [-0.4, -0.2) is 69.2 Å². The van der Waals surface area contributed by atoms with Crippen molar-refractivity contribution in [1.29, 1.82) is 0 Å². The largest absolute Gasteiger partial charge is 0.494 e. The molecule has 1 aromatic rings. The Bertz CT molecular complexity index is 402. The molecule has 0 spiro atoms. The average Bonchev–Trinajstić information content (AvgIpc) is 2.49. The number of ether oxygens (including phenoxy) is 2. The zero-order valence-corrected chi connectivity index (χ0v) is 13.0. The first-order valence-corrected chi connectivity index (χ1v) is 7.60. The van der Waals surface area contributed by atoms with Crippen LogP contribution in [0.3, 0.4) is 0 Å². The molecular weight excluding hydrogens is 268 g/mol. The Morgan fingerprint density at radius 3 is 2.38 bits per heavy atom. The Morgan fingerprint density at radius 2 is 1.81 bits per heavy atom. The molecule has 1 fully saturated rings. The summed E-state index contributed by atoms with van der Waals surface area (Å²) in [6.07, 6.45) is -0.396. The lowest BCUT2D eigenvalue weighted by Crippen LogP contribution is -2.49. The van der Waals surface area contributed by atoms with Gasteiger partial charge in [0.1, 0.15) is 5.75 Å². The molecular formula is C16H26N2O3. The molecule has 1 unspecified atom stereocenters. The Balaban J connectivity index is 1.80. The van der Waals surface area contributed by atoms with Gasteiger partial charge in [0.25, 0.3) is 0 Å². The molecule has 0 aliphatic carbocycles. The second-order valence-electron chi connectivity index (χ2n) is 5.32. The molecule has 0 saturated carbocycles. The smallest absolute Gasteiger partial charge is 0.119 e. The van der Waals surface area contributed by atoms with Crippen LogP contribution in [0.15, 0.2) is 24.3 Å². The zero-order chi connectivity index (χ0) is 15.1. The third kappa shape index (κ3) is 4.88. The number of rotatable bonds is 7. The monoisotopic (exact) mass is 294 g/mol. The van der Waals surface area contributed by atoms with Crippen LogP contribution in [-0.2, 0) is 4.74 Å². The molecule has 0 amide bonds. The van der Waals surface area contributed by atoms with Crippen LogP contribution >= 0.6 is 0 Å². The van der Waals surface area contributed by atoms with Crippen LogP contribution in [0.4, 0.5) is 5.69 Å². The van der Waals surface area contributed by atoms with Crippen LogP contribution in [0.1, 0.15) is 6.92 Å². The van der Waals surface area contributed by atoms with Crippen molar-refractivity contribution in [2.24, 2.45) is 0 Å². The summed E-state index contributed by atoms with van der Waals surface area (Å²) in [6, 6.07) is 8.27. The fraction of sp³-hybridized carbons (Fsp3) is 0.625. The van der Waals surface area contributed by atoms with Crippen LogP contribution in [0, 0.1) is 0 Å². The van der Waals surface area contributed by atoms with Gasteiger partial charge in [-0.15, -0.1) is 0 Å². The Hall–Kier alpha value is -1.30. The van der Waals surface area contributed by atoms with Crippen molar-refractivity contribution in [3.63, 3.8) is 0 Å². The lowest BCUT2D eigenvalue weighted by atomic mass is 10.2. The van der Waals surface area contributed by atoms with E-state index >= 15 is 0 Å². The molecule has 5 heteroatoms. The number of anilines is 1. The van der Waals surface area contributed by atoms with E-state index in [0.29, 0.717) is 19.8 Å². The zero-order valence-electron chi connectivity index (χ0n) is 13.0. The van der Waals surface area contributed by atoms with Gasteiger partial charge in [-0.25, -0.2) is 0 Å². The number of piperazine rings is 1. The number of nitrogens with zero attached hydrogens (tertiary/aromatic N) is 2. The van der Waals surface area contributed by atoms with Crippen molar-refractivity contribution in [3.8, 4) is 5.75 Å². The lowest BCUT2D eigenvalue weighted by molar-refractivity contribution is 0.0365. The topological polar surface area (TPSA) is 45.2 Å². The molecule has 1 saturated heterocycles. The summed E-state index contributed by atoms with van der Waals surface area (Å²) in [6.45, 7) is 7.67. The van der Waals surface area contributed by atoms with Gasteiger partial charge < -0.3 is 19.5 Å². The van der Waals surface area contributed by atoms with Crippen molar-refractivity contribution in [2.75, 3.05) is 57.9 Å². The molecule has 1 N–H and O–H groups in total. The first-order valence-electron chi connectivity index (χ1n) is 7.60. The van der Waals surface area contributed by atoms with Gasteiger partial charge in [-0.2, -0.15) is 0 Å². The number of aliphatic hydroxyl groups excluding tert-OH is 1. The van der Waals surface area contributed by atoms with Gasteiger partial charge in [-0.1, -0.05) is 0 Å². The highest BCUT2D eigenvalue weighted by Gasteiger charge is 2.19. The summed E-state index contributed by atoms with van der Waals surface area (Å²) in [7, 11) is 1.62. The first kappa shape index (κ1) is 16.1. The molecule has 1 aliphatic heterocycles. The molecule has 118 valence electrons. The van der Waals surface area contributed by atoms with E-state index in [0.717, 1.165) is 31.9 Å². The highest BCUT2D eigenvalue weighted by Crippen LogP contribution is 2.20. The van der Waals surface area contributed by atoms with Gasteiger partial charge in [-0.3, -0.25) is 4.90 Å². The summed E-state index contributed by atoms with van der Waals surface area (Å²) in [5.41, 5.74) is 1.23. The highest BCUT2D eigenvalue weighted by atomic mass is 16.5. The second-order valence-corrected chi connectivity index (χ2v) is 5.32. The van der Waals surface area contributed by atoms with Gasteiger partial charge in [-0.05, 0) is 31.2 Å². The second kappa shape index (κ2) is 8.22. The van der Waals surface area contributed by atoms with E-state index in [1.807, 2.05) is 19.1 Å². The fourth-order valence-corrected chi connectivity index (χ4v) is 2.65. The van der Waals surface area contributed by atoms with Crippen LogP contribution in [0.25, 0.3) is 0 Å². The van der Waals surface area contributed by atoms with E-state index in [4.69, 9.17) is 9.47 Å². The molecule has 0 radical (unpaired) electrons. The molecule has 5 nitrogen and oxygen atoms in total. The Morgan fingerprint density at radius 1 is 1.14 bits per heavy atom. The molecule has 1 atom stereocenters. The number of aliphatic hydroxyl groups is 1. The van der Waals surface area contributed by atoms with Crippen molar-refractivity contribution >= 4 is 5.69 Å². The molecule has 0 bridgehead atoms. The number of hydrogen-bond acceptors (Lipinski definition) is 5. The molecule has 1 heterocycles. The minimum Gasteiger partial charge on any atom is -0.494 e. The maximum atomic E-state index is 9.77. The SMILES string of the molecule is CCOc1ccc(N2CCN(CC(O)COC)CC2)cc1. The van der Waals surface area contributed by atoms with E-state index in [2.05, 4.69) is 21.9 Å². The Labute approximate surface area is 127 Å². The summed E-state index contributed by atoms with van der Waals surface area (Å²) in [5, 5.41) is 9.77. The molecule has 0 aromatic heterocycles. The minimum atomic E-state index is -0.396. The van der Waals surface area contributed by atoms with Crippen molar-refractivity contribution in [2.45, 2.75) is 13.0 Å². The van der Waals surface area contributed by atoms with Crippen molar-refractivity contribution in [1.82, 2.24) is 4.90 Å².